The van der Waals surface area contributed by atoms with E-state index in [0.29, 0.717) is 17.3 Å². The first kappa shape index (κ1) is 17.5. The Morgan fingerprint density at radius 3 is 2.48 bits per heavy atom. The number of nitrogens with zero attached hydrogens (tertiary/aromatic N) is 2. The Balaban J connectivity index is 1.90. The van der Waals surface area contributed by atoms with Crippen molar-refractivity contribution in [1.29, 1.82) is 0 Å². The van der Waals surface area contributed by atoms with Crippen molar-refractivity contribution in [3.8, 4) is 11.6 Å². The standard InChI is InChI=1S/C18H16BrClN4O/c1-10-7-12(8-11(2)15(10)20)25-18-16(21)17(22-9-23-18)24-14-6-4-3-5-13(14)19/h3-9H,21H2,1-2H3,(H,22,23,24). The van der Waals surface area contributed by atoms with Gasteiger partial charge in [0.25, 0.3) is 0 Å². The second-order valence-electron chi connectivity index (χ2n) is 5.52. The molecule has 2 aromatic carbocycles. The molecule has 0 spiro atoms. The first-order chi connectivity index (χ1) is 12.0. The zero-order valence-electron chi connectivity index (χ0n) is 13.7. The maximum absolute atomic E-state index is 6.19. The molecule has 0 saturated carbocycles. The Hall–Kier alpha value is -2.31. The normalized spacial score (nSPS) is 10.6. The van der Waals surface area contributed by atoms with E-state index in [1.165, 1.54) is 6.33 Å². The second kappa shape index (κ2) is 7.29. The molecule has 0 atom stereocenters. The molecule has 25 heavy (non-hydrogen) atoms. The summed E-state index contributed by atoms with van der Waals surface area (Å²) in [7, 11) is 0. The molecule has 0 amide bonds. The molecule has 0 saturated heterocycles. The minimum absolute atomic E-state index is 0.283. The maximum atomic E-state index is 6.19. The van der Waals surface area contributed by atoms with Gasteiger partial charge in [-0.2, -0.15) is 4.98 Å². The van der Waals surface area contributed by atoms with Gasteiger partial charge in [0.15, 0.2) is 5.82 Å². The highest BCUT2D eigenvalue weighted by Gasteiger charge is 2.13. The highest BCUT2D eigenvalue weighted by Crippen LogP contribution is 2.34. The number of ether oxygens (including phenoxy) is 1. The largest absolute Gasteiger partial charge is 0.437 e. The van der Waals surface area contributed by atoms with Crippen LogP contribution >= 0.6 is 27.5 Å². The van der Waals surface area contributed by atoms with Crippen LogP contribution in [-0.4, -0.2) is 9.97 Å². The summed E-state index contributed by atoms with van der Waals surface area (Å²) in [5.41, 5.74) is 9.20. The number of aryl methyl sites for hydroxylation is 2. The van der Waals surface area contributed by atoms with Gasteiger partial charge in [0.2, 0.25) is 5.88 Å². The summed E-state index contributed by atoms with van der Waals surface area (Å²) in [6.45, 7) is 3.84. The van der Waals surface area contributed by atoms with Crippen LogP contribution in [0.1, 0.15) is 11.1 Å². The van der Waals surface area contributed by atoms with Gasteiger partial charge in [-0.3, -0.25) is 0 Å². The number of nitrogens with one attached hydrogen (secondary N) is 1. The Morgan fingerprint density at radius 2 is 1.80 bits per heavy atom. The first-order valence-corrected chi connectivity index (χ1v) is 8.69. The molecule has 3 aromatic rings. The van der Waals surface area contributed by atoms with E-state index in [-0.39, 0.29) is 5.88 Å². The molecule has 7 heteroatoms. The number of rotatable bonds is 4. The van der Waals surface area contributed by atoms with Crippen LogP contribution in [0.4, 0.5) is 17.2 Å². The number of hydrogen-bond acceptors (Lipinski definition) is 5. The van der Waals surface area contributed by atoms with Crippen LogP contribution in [0.2, 0.25) is 5.02 Å². The van der Waals surface area contributed by atoms with Crippen LogP contribution in [0.3, 0.4) is 0 Å². The van der Waals surface area contributed by atoms with E-state index in [2.05, 4.69) is 31.2 Å². The van der Waals surface area contributed by atoms with E-state index in [9.17, 15) is 0 Å². The summed E-state index contributed by atoms with van der Waals surface area (Å²) in [6, 6.07) is 11.4. The van der Waals surface area contributed by atoms with Gasteiger partial charge in [0.05, 0.1) is 5.69 Å². The van der Waals surface area contributed by atoms with E-state index >= 15 is 0 Å². The monoisotopic (exact) mass is 418 g/mol. The molecule has 0 aliphatic heterocycles. The smallest absolute Gasteiger partial charge is 0.248 e. The van der Waals surface area contributed by atoms with Gasteiger partial charge in [-0.15, -0.1) is 0 Å². The van der Waals surface area contributed by atoms with E-state index in [1.807, 2.05) is 50.2 Å². The lowest BCUT2D eigenvalue weighted by molar-refractivity contribution is 0.464. The quantitative estimate of drug-likeness (QED) is 0.573. The van der Waals surface area contributed by atoms with Crippen molar-refractivity contribution in [2.24, 2.45) is 0 Å². The van der Waals surface area contributed by atoms with Crippen LogP contribution in [0.5, 0.6) is 11.6 Å². The Kier molecular flexibility index (Phi) is 5.11. The van der Waals surface area contributed by atoms with Crippen molar-refractivity contribution < 1.29 is 4.74 Å². The van der Waals surface area contributed by atoms with Crippen molar-refractivity contribution in [2.75, 3.05) is 11.1 Å². The fourth-order valence-electron chi connectivity index (χ4n) is 2.33. The van der Waals surface area contributed by atoms with Gasteiger partial charge in [-0.05, 0) is 65.2 Å². The summed E-state index contributed by atoms with van der Waals surface area (Å²) in [5, 5.41) is 3.90. The number of nitrogens with two attached hydrogens (primary N) is 1. The molecule has 0 bridgehead atoms. The van der Waals surface area contributed by atoms with E-state index in [1.54, 1.807) is 0 Å². The Labute approximate surface area is 159 Å². The molecule has 0 aliphatic rings. The van der Waals surface area contributed by atoms with Gasteiger partial charge in [-0.25, -0.2) is 4.98 Å². The number of benzene rings is 2. The topological polar surface area (TPSA) is 73.1 Å². The molecule has 3 rings (SSSR count). The first-order valence-electron chi connectivity index (χ1n) is 7.52. The minimum Gasteiger partial charge on any atom is -0.437 e. The maximum Gasteiger partial charge on any atom is 0.248 e. The SMILES string of the molecule is Cc1cc(Oc2ncnc(Nc3ccccc3Br)c2N)cc(C)c1Cl. The average Bonchev–Trinajstić information content (AvgIpc) is 2.58. The summed E-state index contributed by atoms with van der Waals surface area (Å²) < 4.78 is 6.75. The lowest BCUT2D eigenvalue weighted by Gasteiger charge is -2.13. The molecular weight excluding hydrogens is 404 g/mol. The molecule has 1 aromatic heterocycles. The number of nitrogen functional groups attached to an aromatic ring is 1. The third kappa shape index (κ3) is 3.86. The van der Waals surface area contributed by atoms with Crippen LogP contribution < -0.4 is 15.8 Å². The minimum atomic E-state index is 0.283. The molecule has 0 unspecified atom stereocenters. The fraction of sp³-hybridized carbons (Fsp3) is 0.111. The third-order valence-electron chi connectivity index (χ3n) is 3.60. The van der Waals surface area contributed by atoms with Crippen molar-refractivity contribution in [3.05, 3.63) is 63.3 Å². The summed E-state index contributed by atoms with van der Waals surface area (Å²) >= 11 is 9.68. The van der Waals surface area contributed by atoms with E-state index in [0.717, 1.165) is 26.3 Å². The van der Waals surface area contributed by atoms with Crippen LogP contribution in [-0.2, 0) is 0 Å². The van der Waals surface area contributed by atoms with E-state index < -0.39 is 0 Å². The fourth-order valence-corrected chi connectivity index (χ4v) is 2.82. The zero-order valence-corrected chi connectivity index (χ0v) is 16.0. The van der Waals surface area contributed by atoms with Crippen molar-refractivity contribution in [2.45, 2.75) is 13.8 Å². The van der Waals surface area contributed by atoms with Gasteiger partial charge < -0.3 is 15.8 Å². The molecule has 0 radical (unpaired) electrons. The Bertz CT molecular complexity index is 910. The Morgan fingerprint density at radius 1 is 1.12 bits per heavy atom. The highest BCUT2D eigenvalue weighted by molar-refractivity contribution is 9.10. The second-order valence-corrected chi connectivity index (χ2v) is 6.75. The summed E-state index contributed by atoms with van der Waals surface area (Å²) in [4.78, 5) is 8.33. The molecule has 1 heterocycles. The number of para-hydroxylation sites is 1. The van der Waals surface area contributed by atoms with Crippen molar-refractivity contribution in [3.63, 3.8) is 0 Å². The molecule has 0 aliphatic carbocycles. The zero-order chi connectivity index (χ0) is 18.0. The summed E-state index contributed by atoms with van der Waals surface area (Å²) in [5.74, 6) is 1.38. The molecular formula is C18H16BrClN4O. The number of anilines is 3. The molecule has 128 valence electrons. The van der Waals surface area contributed by atoms with E-state index in [4.69, 9.17) is 22.1 Å². The molecule has 0 fully saturated rings. The predicted molar refractivity (Wildman–Crippen MR) is 105 cm³/mol. The lowest BCUT2D eigenvalue weighted by Crippen LogP contribution is -2.03. The number of hydrogen-bond donors (Lipinski definition) is 2. The van der Waals surface area contributed by atoms with Crippen molar-refractivity contribution in [1.82, 2.24) is 9.97 Å². The number of aromatic nitrogens is 2. The van der Waals surface area contributed by atoms with Gasteiger partial charge in [0.1, 0.15) is 17.8 Å². The van der Waals surface area contributed by atoms with Crippen LogP contribution in [0, 0.1) is 13.8 Å². The average molecular weight is 420 g/mol. The number of halogens is 2. The molecule has 5 nitrogen and oxygen atoms in total. The van der Waals surface area contributed by atoms with Gasteiger partial charge in [0, 0.05) is 9.50 Å². The third-order valence-corrected chi connectivity index (χ3v) is 4.89. The van der Waals surface area contributed by atoms with Crippen molar-refractivity contribution >= 4 is 44.7 Å². The van der Waals surface area contributed by atoms with Crippen LogP contribution in [0.25, 0.3) is 0 Å². The molecule has 3 N–H and O–H groups in total. The van der Waals surface area contributed by atoms with Gasteiger partial charge in [-0.1, -0.05) is 23.7 Å². The highest BCUT2D eigenvalue weighted by atomic mass is 79.9. The van der Waals surface area contributed by atoms with Crippen LogP contribution in [0.15, 0.2) is 47.2 Å². The predicted octanol–water partition coefficient (Wildman–Crippen LogP) is 5.63. The van der Waals surface area contributed by atoms with Gasteiger partial charge >= 0.3 is 0 Å². The lowest BCUT2D eigenvalue weighted by atomic mass is 10.1. The summed E-state index contributed by atoms with van der Waals surface area (Å²) in [6.07, 6.45) is 1.40.